The van der Waals surface area contributed by atoms with Crippen LogP contribution in [-0.4, -0.2) is 56.2 Å². The molecule has 5 nitrogen and oxygen atoms in total. The van der Waals surface area contributed by atoms with Crippen LogP contribution in [-0.2, 0) is 4.74 Å². The summed E-state index contributed by atoms with van der Waals surface area (Å²) in [5.74, 6) is 0.460. The Labute approximate surface area is 130 Å². The highest BCUT2D eigenvalue weighted by Crippen LogP contribution is 2.29. The average Bonchev–Trinajstić information content (AvgIpc) is 2.81. The number of carbonyl (C=O) groups excluding carboxylic acids is 1. The molecule has 0 aromatic carbocycles. The average molecular weight is 311 g/mol. The van der Waals surface area contributed by atoms with Crippen LogP contribution in [0.5, 0.6) is 0 Å². The van der Waals surface area contributed by atoms with Gasteiger partial charge >= 0.3 is 5.97 Å². The number of rotatable bonds is 5. The summed E-state index contributed by atoms with van der Waals surface area (Å²) in [5, 5.41) is 0.957. The van der Waals surface area contributed by atoms with Gasteiger partial charge < -0.3 is 14.5 Å². The topological polar surface area (TPSA) is 45.7 Å². The molecule has 118 valence electrons. The number of thiazole rings is 1. The lowest BCUT2D eigenvalue weighted by atomic mass is 9.97. The summed E-state index contributed by atoms with van der Waals surface area (Å²) in [6.45, 7) is 7.34. The normalized spacial score (nSPS) is 16.5. The Bertz CT molecular complexity index is 479. The van der Waals surface area contributed by atoms with Crippen molar-refractivity contribution >= 4 is 22.4 Å². The zero-order valence-corrected chi connectivity index (χ0v) is 14.2. The van der Waals surface area contributed by atoms with E-state index in [1.807, 2.05) is 13.8 Å². The fourth-order valence-corrected chi connectivity index (χ4v) is 3.68. The van der Waals surface area contributed by atoms with E-state index in [0.717, 1.165) is 35.6 Å². The van der Waals surface area contributed by atoms with Gasteiger partial charge in [0, 0.05) is 24.5 Å². The van der Waals surface area contributed by atoms with Crippen LogP contribution in [0.2, 0.25) is 0 Å². The number of hydrogen-bond acceptors (Lipinski definition) is 6. The van der Waals surface area contributed by atoms with Crippen molar-refractivity contribution in [3.8, 4) is 0 Å². The molecule has 1 saturated heterocycles. The van der Waals surface area contributed by atoms with Crippen molar-refractivity contribution in [2.24, 2.45) is 5.92 Å². The number of anilines is 1. The lowest BCUT2D eigenvalue weighted by Gasteiger charge is -2.32. The largest absolute Gasteiger partial charge is 0.461 e. The predicted octanol–water partition coefficient (Wildman–Crippen LogP) is 2.41. The molecule has 1 aliphatic heterocycles. The predicted molar refractivity (Wildman–Crippen MR) is 86.3 cm³/mol. The van der Waals surface area contributed by atoms with Crippen LogP contribution in [0.15, 0.2) is 0 Å². The summed E-state index contributed by atoms with van der Waals surface area (Å²) in [4.78, 5) is 21.8. The third-order valence-electron chi connectivity index (χ3n) is 3.76. The van der Waals surface area contributed by atoms with Crippen LogP contribution in [0.4, 0.5) is 5.13 Å². The molecule has 6 heteroatoms. The second-order valence-corrected chi connectivity index (χ2v) is 7.00. The molecule has 0 amide bonds. The zero-order chi connectivity index (χ0) is 15.4. The molecule has 0 bridgehead atoms. The Morgan fingerprint density at radius 1 is 1.43 bits per heavy atom. The van der Waals surface area contributed by atoms with Gasteiger partial charge in [-0.05, 0) is 46.7 Å². The fourth-order valence-electron chi connectivity index (χ4n) is 2.73. The highest BCUT2D eigenvalue weighted by molar-refractivity contribution is 7.15. The van der Waals surface area contributed by atoms with Crippen LogP contribution >= 0.6 is 11.3 Å². The van der Waals surface area contributed by atoms with Crippen molar-refractivity contribution in [3.63, 3.8) is 0 Å². The molecule has 0 radical (unpaired) electrons. The molecule has 2 rings (SSSR count). The van der Waals surface area contributed by atoms with Crippen molar-refractivity contribution in [3.05, 3.63) is 10.6 Å². The molecule has 0 aliphatic carbocycles. The Morgan fingerprint density at radius 2 is 2.10 bits per heavy atom. The standard InChI is InChI=1S/C15H25N3O2S/c1-5-20-14(19)13-11(2)21-15(16-13)18-8-6-12(7-9-18)10-17(3)4/h12H,5-10H2,1-4H3. The molecule has 1 aromatic rings. The molecule has 21 heavy (non-hydrogen) atoms. The maximum absolute atomic E-state index is 11.8. The van der Waals surface area contributed by atoms with E-state index in [2.05, 4.69) is 28.9 Å². The second kappa shape index (κ2) is 7.22. The lowest BCUT2D eigenvalue weighted by Crippen LogP contribution is -2.37. The second-order valence-electron chi connectivity index (χ2n) is 5.81. The van der Waals surface area contributed by atoms with E-state index in [9.17, 15) is 4.79 Å². The van der Waals surface area contributed by atoms with Gasteiger partial charge in [0.15, 0.2) is 10.8 Å². The highest BCUT2D eigenvalue weighted by atomic mass is 32.1. The number of ether oxygens (including phenoxy) is 1. The summed E-state index contributed by atoms with van der Waals surface area (Å²) >= 11 is 1.59. The molecule has 1 fully saturated rings. The number of nitrogens with zero attached hydrogens (tertiary/aromatic N) is 3. The smallest absolute Gasteiger partial charge is 0.358 e. The van der Waals surface area contributed by atoms with Crippen molar-refractivity contribution in [1.29, 1.82) is 0 Å². The van der Waals surface area contributed by atoms with E-state index >= 15 is 0 Å². The van der Waals surface area contributed by atoms with Crippen LogP contribution < -0.4 is 4.90 Å². The van der Waals surface area contributed by atoms with E-state index in [1.54, 1.807) is 11.3 Å². The minimum absolute atomic E-state index is 0.306. The molecule has 0 unspecified atom stereocenters. The first kappa shape index (κ1) is 16.2. The molecule has 2 heterocycles. The van der Waals surface area contributed by atoms with E-state index in [1.165, 1.54) is 12.8 Å². The Morgan fingerprint density at radius 3 is 2.67 bits per heavy atom. The maximum atomic E-state index is 11.8. The van der Waals surface area contributed by atoms with Gasteiger partial charge in [0.1, 0.15) is 0 Å². The van der Waals surface area contributed by atoms with Crippen LogP contribution in [0, 0.1) is 12.8 Å². The van der Waals surface area contributed by atoms with Gasteiger partial charge in [-0.15, -0.1) is 11.3 Å². The zero-order valence-electron chi connectivity index (χ0n) is 13.4. The van der Waals surface area contributed by atoms with E-state index in [-0.39, 0.29) is 5.97 Å². The molecule has 0 N–H and O–H groups in total. The summed E-state index contributed by atoms with van der Waals surface area (Å²) in [6.07, 6.45) is 2.37. The molecular formula is C15H25N3O2S. The summed E-state index contributed by atoms with van der Waals surface area (Å²) < 4.78 is 5.05. The van der Waals surface area contributed by atoms with Crippen LogP contribution in [0.25, 0.3) is 0 Å². The van der Waals surface area contributed by atoms with Crippen molar-refractivity contribution < 1.29 is 9.53 Å². The first-order valence-corrected chi connectivity index (χ1v) is 8.37. The van der Waals surface area contributed by atoms with Gasteiger partial charge in [0.05, 0.1) is 6.61 Å². The molecule has 1 aliphatic rings. The highest BCUT2D eigenvalue weighted by Gasteiger charge is 2.24. The van der Waals surface area contributed by atoms with Crippen molar-refractivity contribution in [1.82, 2.24) is 9.88 Å². The third kappa shape index (κ3) is 4.17. The Hall–Kier alpha value is -1.14. The number of aryl methyl sites for hydroxylation is 1. The van der Waals surface area contributed by atoms with Crippen molar-refractivity contribution in [2.45, 2.75) is 26.7 Å². The number of hydrogen-bond donors (Lipinski definition) is 0. The summed E-state index contributed by atoms with van der Waals surface area (Å²) in [7, 11) is 4.25. The van der Waals surface area contributed by atoms with Gasteiger partial charge in [-0.25, -0.2) is 9.78 Å². The van der Waals surface area contributed by atoms with Gasteiger partial charge in [0.2, 0.25) is 0 Å². The third-order valence-corrected chi connectivity index (χ3v) is 4.79. The molecule has 0 atom stereocenters. The van der Waals surface area contributed by atoms with Gasteiger partial charge in [0.25, 0.3) is 0 Å². The first-order valence-electron chi connectivity index (χ1n) is 7.55. The lowest BCUT2D eigenvalue weighted by molar-refractivity contribution is 0.0519. The SMILES string of the molecule is CCOC(=O)c1nc(N2CCC(CN(C)C)CC2)sc1C. The Balaban J connectivity index is 1.98. The van der Waals surface area contributed by atoms with Crippen LogP contribution in [0.1, 0.15) is 35.1 Å². The monoisotopic (exact) mass is 311 g/mol. The first-order chi connectivity index (χ1) is 10.0. The number of piperidine rings is 1. The number of carbonyl (C=O) groups is 1. The van der Waals surface area contributed by atoms with E-state index < -0.39 is 0 Å². The molecule has 1 aromatic heterocycles. The maximum Gasteiger partial charge on any atom is 0.358 e. The molecular weight excluding hydrogens is 286 g/mol. The quantitative estimate of drug-likeness (QED) is 0.781. The summed E-state index contributed by atoms with van der Waals surface area (Å²) in [6, 6.07) is 0. The number of aromatic nitrogens is 1. The van der Waals surface area contributed by atoms with Crippen molar-refractivity contribution in [2.75, 3.05) is 45.2 Å². The summed E-state index contributed by atoms with van der Waals surface area (Å²) in [5.41, 5.74) is 0.479. The van der Waals surface area contributed by atoms with Crippen LogP contribution in [0.3, 0.4) is 0 Å². The van der Waals surface area contributed by atoms with E-state index in [4.69, 9.17) is 4.74 Å². The van der Waals surface area contributed by atoms with Gasteiger partial charge in [-0.1, -0.05) is 0 Å². The fraction of sp³-hybridized carbons (Fsp3) is 0.733. The minimum Gasteiger partial charge on any atom is -0.461 e. The number of esters is 1. The molecule has 0 saturated carbocycles. The molecule has 0 spiro atoms. The van der Waals surface area contributed by atoms with E-state index in [0.29, 0.717) is 12.3 Å². The minimum atomic E-state index is -0.306. The van der Waals surface area contributed by atoms with Gasteiger partial charge in [-0.2, -0.15) is 0 Å². The van der Waals surface area contributed by atoms with Gasteiger partial charge in [-0.3, -0.25) is 0 Å². The Kier molecular flexibility index (Phi) is 5.58.